The fraction of sp³-hybridized carbons (Fsp3) is 0.857. The second-order valence-electron chi connectivity index (χ2n) is 5.77. The van der Waals surface area contributed by atoms with E-state index >= 15 is 0 Å². The summed E-state index contributed by atoms with van der Waals surface area (Å²) in [6, 6.07) is 0.263. The van der Waals surface area contributed by atoms with Gasteiger partial charge in [-0.25, -0.2) is 0 Å². The minimum absolute atomic E-state index is 0.0889. The average Bonchev–Trinajstić information content (AvgIpc) is 3.16. The first-order valence-corrected chi connectivity index (χ1v) is 7.48. The van der Waals surface area contributed by atoms with Crippen LogP contribution in [-0.4, -0.2) is 30.9 Å². The van der Waals surface area contributed by atoms with Gasteiger partial charge in [0.2, 0.25) is 11.8 Å². The zero-order valence-electron chi connectivity index (χ0n) is 11.5. The third-order valence-electron chi connectivity index (χ3n) is 4.14. The van der Waals surface area contributed by atoms with Gasteiger partial charge in [0, 0.05) is 24.9 Å². The van der Waals surface area contributed by atoms with E-state index in [0.29, 0.717) is 31.8 Å². The molecule has 0 spiro atoms. The number of amides is 2. The molecule has 0 aromatic rings. The fourth-order valence-electron chi connectivity index (χ4n) is 2.74. The molecule has 2 unspecified atom stereocenters. The second-order valence-corrected chi connectivity index (χ2v) is 5.77. The molecule has 5 nitrogen and oxygen atoms in total. The fourth-order valence-corrected chi connectivity index (χ4v) is 2.74. The Bertz CT molecular complexity index is 329. The molecule has 2 atom stereocenters. The van der Waals surface area contributed by atoms with Crippen LogP contribution in [0.25, 0.3) is 0 Å². The van der Waals surface area contributed by atoms with Gasteiger partial charge in [-0.05, 0) is 44.6 Å². The van der Waals surface area contributed by atoms with Crippen LogP contribution in [0.2, 0.25) is 0 Å². The number of hydrogen-bond donors (Lipinski definition) is 3. The quantitative estimate of drug-likeness (QED) is 0.588. The van der Waals surface area contributed by atoms with Crippen molar-refractivity contribution in [2.24, 2.45) is 17.6 Å². The maximum Gasteiger partial charge on any atom is 0.223 e. The molecule has 5 heteroatoms. The Labute approximate surface area is 114 Å². The predicted molar refractivity (Wildman–Crippen MR) is 73.3 cm³/mol. The maximum absolute atomic E-state index is 11.8. The Morgan fingerprint density at radius 1 is 1.16 bits per heavy atom. The Hall–Kier alpha value is -1.10. The van der Waals surface area contributed by atoms with E-state index in [1.165, 1.54) is 0 Å². The van der Waals surface area contributed by atoms with Crippen molar-refractivity contribution in [2.45, 2.75) is 51.0 Å². The van der Waals surface area contributed by atoms with E-state index < -0.39 is 0 Å². The van der Waals surface area contributed by atoms with Crippen molar-refractivity contribution in [1.29, 1.82) is 0 Å². The van der Waals surface area contributed by atoms with Crippen molar-refractivity contribution in [3.63, 3.8) is 0 Å². The largest absolute Gasteiger partial charge is 0.356 e. The minimum Gasteiger partial charge on any atom is -0.356 e. The molecule has 2 fully saturated rings. The lowest BCUT2D eigenvalue weighted by molar-refractivity contribution is -0.124. The van der Waals surface area contributed by atoms with E-state index in [1.807, 2.05) is 0 Å². The summed E-state index contributed by atoms with van der Waals surface area (Å²) < 4.78 is 0. The van der Waals surface area contributed by atoms with Crippen molar-refractivity contribution in [3.8, 4) is 0 Å². The lowest BCUT2D eigenvalue weighted by Gasteiger charge is -2.19. The lowest BCUT2D eigenvalue weighted by Crippen LogP contribution is -2.40. The summed E-state index contributed by atoms with van der Waals surface area (Å²) in [6.45, 7) is 1.26. The van der Waals surface area contributed by atoms with Gasteiger partial charge in [-0.2, -0.15) is 0 Å². The first kappa shape index (κ1) is 14.3. The number of hydrogen-bond acceptors (Lipinski definition) is 3. The summed E-state index contributed by atoms with van der Waals surface area (Å²) in [5.41, 5.74) is 5.69. The molecule has 2 aliphatic rings. The van der Waals surface area contributed by atoms with Crippen LogP contribution in [0, 0.1) is 11.8 Å². The monoisotopic (exact) mass is 267 g/mol. The predicted octanol–water partition coefficient (Wildman–Crippen LogP) is 0.536. The Kier molecular flexibility index (Phi) is 5.19. The average molecular weight is 267 g/mol. The minimum atomic E-state index is 0.0889. The number of carbonyl (C=O) groups is 2. The van der Waals surface area contributed by atoms with Crippen LogP contribution in [0.15, 0.2) is 0 Å². The number of carbonyl (C=O) groups excluding carboxylic acids is 2. The van der Waals surface area contributed by atoms with Gasteiger partial charge in [-0.3, -0.25) is 9.59 Å². The summed E-state index contributed by atoms with van der Waals surface area (Å²) in [7, 11) is 0. The van der Waals surface area contributed by atoms with E-state index in [-0.39, 0.29) is 23.8 Å². The Balaban J connectivity index is 1.55. The summed E-state index contributed by atoms with van der Waals surface area (Å²) in [4.78, 5) is 23.2. The number of rotatable bonds is 7. The molecule has 0 radical (unpaired) electrons. The third-order valence-corrected chi connectivity index (χ3v) is 4.14. The van der Waals surface area contributed by atoms with Gasteiger partial charge in [0.05, 0.1) is 0 Å². The molecule has 2 rings (SSSR count). The number of nitrogens with one attached hydrogen (secondary N) is 2. The van der Waals surface area contributed by atoms with Gasteiger partial charge >= 0.3 is 0 Å². The molecule has 108 valence electrons. The third kappa shape index (κ3) is 4.49. The van der Waals surface area contributed by atoms with Gasteiger partial charge < -0.3 is 16.4 Å². The van der Waals surface area contributed by atoms with Crippen LogP contribution in [0.5, 0.6) is 0 Å². The molecule has 0 heterocycles. The molecule has 0 saturated heterocycles. The van der Waals surface area contributed by atoms with E-state index in [4.69, 9.17) is 5.73 Å². The van der Waals surface area contributed by atoms with Crippen molar-refractivity contribution in [2.75, 3.05) is 13.1 Å². The van der Waals surface area contributed by atoms with E-state index in [0.717, 1.165) is 32.1 Å². The van der Waals surface area contributed by atoms with Crippen molar-refractivity contribution in [3.05, 3.63) is 0 Å². The molecule has 0 aromatic carbocycles. The molecular weight excluding hydrogens is 242 g/mol. The summed E-state index contributed by atoms with van der Waals surface area (Å²) in [5, 5.41) is 5.95. The van der Waals surface area contributed by atoms with Crippen molar-refractivity contribution >= 4 is 11.8 Å². The standard InChI is InChI=1S/C14H25N3O2/c15-9-11-3-1-4-12(11)17-13(18)5-2-8-16-14(19)10-6-7-10/h10-12H,1-9,15H2,(H,16,19)(H,17,18). The van der Waals surface area contributed by atoms with E-state index in [9.17, 15) is 9.59 Å². The highest BCUT2D eigenvalue weighted by Crippen LogP contribution is 2.28. The molecule has 19 heavy (non-hydrogen) atoms. The molecule has 2 saturated carbocycles. The van der Waals surface area contributed by atoms with Gasteiger partial charge in [-0.1, -0.05) is 6.42 Å². The molecular formula is C14H25N3O2. The second kappa shape index (κ2) is 6.89. The van der Waals surface area contributed by atoms with Crippen LogP contribution in [0.4, 0.5) is 0 Å². The summed E-state index contributed by atoms with van der Waals surface area (Å²) in [6.07, 6.45) is 6.57. The first-order valence-electron chi connectivity index (χ1n) is 7.48. The van der Waals surface area contributed by atoms with E-state index in [2.05, 4.69) is 10.6 Å². The molecule has 2 aliphatic carbocycles. The zero-order chi connectivity index (χ0) is 13.7. The smallest absolute Gasteiger partial charge is 0.223 e. The maximum atomic E-state index is 11.8. The van der Waals surface area contributed by atoms with Crippen LogP contribution in [0.3, 0.4) is 0 Å². The van der Waals surface area contributed by atoms with Crippen molar-refractivity contribution < 1.29 is 9.59 Å². The summed E-state index contributed by atoms with van der Waals surface area (Å²) in [5.74, 6) is 0.932. The van der Waals surface area contributed by atoms with Crippen LogP contribution in [0.1, 0.15) is 44.9 Å². The first-order chi connectivity index (χ1) is 9.20. The van der Waals surface area contributed by atoms with Crippen molar-refractivity contribution in [1.82, 2.24) is 10.6 Å². The Morgan fingerprint density at radius 3 is 2.63 bits per heavy atom. The summed E-state index contributed by atoms with van der Waals surface area (Å²) >= 11 is 0. The SMILES string of the molecule is NCC1CCCC1NC(=O)CCCNC(=O)C1CC1. The lowest BCUT2D eigenvalue weighted by atomic mass is 10.0. The van der Waals surface area contributed by atoms with Crippen LogP contribution < -0.4 is 16.4 Å². The van der Waals surface area contributed by atoms with Gasteiger partial charge in [0.15, 0.2) is 0 Å². The number of nitrogens with two attached hydrogens (primary N) is 1. The highest BCUT2D eigenvalue weighted by atomic mass is 16.2. The van der Waals surface area contributed by atoms with Gasteiger partial charge in [0.25, 0.3) is 0 Å². The molecule has 4 N–H and O–H groups in total. The van der Waals surface area contributed by atoms with Crippen LogP contribution in [-0.2, 0) is 9.59 Å². The highest BCUT2D eigenvalue weighted by Gasteiger charge is 2.29. The topological polar surface area (TPSA) is 84.2 Å². The zero-order valence-corrected chi connectivity index (χ0v) is 11.5. The van der Waals surface area contributed by atoms with Gasteiger partial charge in [-0.15, -0.1) is 0 Å². The molecule has 0 aliphatic heterocycles. The van der Waals surface area contributed by atoms with Gasteiger partial charge in [0.1, 0.15) is 0 Å². The molecule has 2 amide bonds. The van der Waals surface area contributed by atoms with E-state index in [1.54, 1.807) is 0 Å². The Morgan fingerprint density at radius 2 is 1.95 bits per heavy atom. The molecule has 0 aromatic heterocycles. The van der Waals surface area contributed by atoms with Crippen LogP contribution >= 0.6 is 0 Å². The normalized spacial score (nSPS) is 26.2. The molecule has 0 bridgehead atoms. The highest BCUT2D eigenvalue weighted by molar-refractivity contribution is 5.81.